The number of carbonyl (C=O) groups is 3. The smallest absolute Gasteiger partial charge is 0.311 e. The van der Waals surface area contributed by atoms with Gasteiger partial charge in [0, 0.05) is 11.8 Å². The molecule has 0 radical (unpaired) electrons. The van der Waals surface area contributed by atoms with Crippen molar-refractivity contribution < 1.29 is 24.2 Å². The van der Waals surface area contributed by atoms with Crippen LogP contribution in [0.5, 0.6) is 0 Å². The summed E-state index contributed by atoms with van der Waals surface area (Å²) in [6.45, 7) is 0.284. The van der Waals surface area contributed by atoms with Gasteiger partial charge in [0.25, 0.3) is 0 Å². The number of benzene rings is 2. The van der Waals surface area contributed by atoms with Crippen molar-refractivity contribution in [3.05, 3.63) is 84.5 Å². The van der Waals surface area contributed by atoms with Crippen LogP contribution in [0.4, 0.5) is 0 Å². The second-order valence-corrected chi connectivity index (χ2v) is 12.3. The second-order valence-electron chi connectivity index (χ2n) is 10.9. The van der Waals surface area contributed by atoms with E-state index in [-0.39, 0.29) is 36.9 Å². The Hall–Kier alpha value is -3.96. The number of carbonyl (C=O) groups excluding carboxylic acids is 3. The van der Waals surface area contributed by atoms with Crippen LogP contribution in [0.1, 0.15) is 5.56 Å². The van der Waals surface area contributed by atoms with Crippen LogP contribution in [0.25, 0.3) is 11.0 Å². The molecule has 41 heavy (non-hydrogen) atoms. The molecule has 4 aliphatic heterocycles. The van der Waals surface area contributed by atoms with Crippen LogP contribution in [0.15, 0.2) is 78.9 Å². The van der Waals surface area contributed by atoms with Gasteiger partial charge in [-0.2, -0.15) is 0 Å². The molecule has 1 spiro atoms. The van der Waals surface area contributed by atoms with Gasteiger partial charge in [-0.3, -0.25) is 14.4 Å². The minimum atomic E-state index is -0.993. The molecular formula is C30H29N5O5S. The summed E-state index contributed by atoms with van der Waals surface area (Å²) in [6, 6.07) is 15.6. The van der Waals surface area contributed by atoms with Gasteiger partial charge in [-0.1, -0.05) is 72.0 Å². The Labute approximate surface area is 240 Å². The summed E-state index contributed by atoms with van der Waals surface area (Å²) >= 11 is 1.48. The summed E-state index contributed by atoms with van der Waals surface area (Å²) in [7, 11) is 0. The molecule has 2 fully saturated rings. The third-order valence-electron chi connectivity index (χ3n) is 8.58. The number of aromatic nitrogens is 3. The Kier molecular flexibility index (Phi) is 6.43. The molecule has 0 bridgehead atoms. The quantitative estimate of drug-likeness (QED) is 0.352. The largest absolute Gasteiger partial charge is 0.461 e. The zero-order valence-corrected chi connectivity index (χ0v) is 23.0. The SMILES string of the molecule is O=C1OCC=C[C@H]2S[C@]34C=CCN(Cn5nnc6ccccc65)C(=O)C3N([C@@H](CO)Cc3ccccc3)C(=O)[C@@H]4[C@@H]12. The third-order valence-corrected chi connectivity index (χ3v) is 10.3. The highest BCUT2D eigenvalue weighted by atomic mass is 32.2. The summed E-state index contributed by atoms with van der Waals surface area (Å²) in [5.74, 6) is -2.50. The molecule has 210 valence electrons. The van der Waals surface area contributed by atoms with E-state index < -0.39 is 34.6 Å². The highest BCUT2D eigenvalue weighted by Gasteiger charge is 2.71. The zero-order valence-electron chi connectivity index (χ0n) is 22.2. The Morgan fingerprint density at radius 1 is 1.05 bits per heavy atom. The maximum absolute atomic E-state index is 14.6. The summed E-state index contributed by atoms with van der Waals surface area (Å²) in [4.78, 5) is 45.5. The van der Waals surface area contributed by atoms with E-state index in [1.807, 2.05) is 72.8 Å². The van der Waals surface area contributed by atoms with E-state index in [2.05, 4.69) is 10.3 Å². The summed E-state index contributed by atoms with van der Waals surface area (Å²) < 4.78 is 6.15. The number of hydrogen-bond acceptors (Lipinski definition) is 8. The predicted molar refractivity (Wildman–Crippen MR) is 151 cm³/mol. The minimum absolute atomic E-state index is 0.144. The van der Waals surface area contributed by atoms with Crippen molar-refractivity contribution in [2.24, 2.45) is 11.8 Å². The van der Waals surface area contributed by atoms with E-state index in [0.717, 1.165) is 16.6 Å². The van der Waals surface area contributed by atoms with Gasteiger partial charge in [0.05, 0.1) is 34.7 Å². The Bertz CT molecular complexity index is 1570. The van der Waals surface area contributed by atoms with Crippen molar-refractivity contribution in [1.29, 1.82) is 0 Å². The van der Waals surface area contributed by atoms with Crippen molar-refractivity contribution in [3.8, 4) is 0 Å². The lowest BCUT2D eigenvalue weighted by atomic mass is 9.78. The number of amides is 2. The van der Waals surface area contributed by atoms with Crippen molar-refractivity contribution in [2.45, 2.75) is 35.2 Å². The van der Waals surface area contributed by atoms with Crippen molar-refractivity contribution in [2.75, 3.05) is 19.8 Å². The summed E-state index contributed by atoms with van der Waals surface area (Å²) in [5.41, 5.74) is 2.46. The van der Waals surface area contributed by atoms with Gasteiger partial charge in [0.2, 0.25) is 11.8 Å². The molecule has 4 aliphatic rings. The molecule has 2 amide bonds. The van der Waals surface area contributed by atoms with Crippen LogP contribution in [0.2, 0.25) is 0 Å². The van der Waals surface area contributed by atoms with Crippen LogP contribution in [0.3, 0.4) is 0 Å². The standard InChI is InChI=1S/C30H29N5O5S/c36-17-20(16-19-8-2-1-3-9-19)35-26-28(38)33(18-34-22-11-5-4-10-21(22)31-32-34)14-7-13-30(26)25(27(35)37)24-23(41-30)12-6-15-40-29(24)39/h1-13,20,23-26,36H,14-18H2/t20-,23-,24+,25+,26?,30+/m1/s1. The summed E-state index contributed by atoms with van der Waals surface area (Å²) in [6.07, 6.45) is 7.98. The van der Waals surface area contributed by atoms with Crippen LogP contribution < -0.4 is 0 Å². The average Bonchev–Trinajstić information content (AvgIpc) is 3.54. The maximum atomic E-state index is 14.6. The fourth-order valence-electron chi connectivity index (χ4n) is 6.80. The number of cyclic esters (lactones) is 1. The van der Waals surface area contributed by atoms with E-state index in [1.165, 1.54) is 11.8 Å². The highest BCUT2D eigenvalue weighted by Crippen LogP contribution is 2.61. The van der Waals surface area contributed by atoms with E-state index in [4.69, 9.17) is 4.74 Å². The normalized spacial score (nSPS) is 29.6. The number of hydrogen-bond donors (Lipinski definition) is 1. The molecule has 6 atom stereocenters. The average molecular weight is 572 g/mol. The van der Waals surface area contributed by atoms with Gasteiger partial charge in [0.1, 0.15) is 24.8 Å². The number of aliphatic hydroxyl groups is 1. The molecule has 0 saturated carbocycles. The van der Waals surface area contributed by atoms with Gasteiger partial charge in [-0.25, -0.2) is 4.68 Å². The van der Waals surface area contributed by atoms with E-state index >= 15 is 0 Å². The fourth-order valence-corrected chi connectivity index (χ4v) is 8.78. The van der Waals surface area contributed by atoms with E-state index in [0.29, 0.717) is 13.0 Å². The van der Waals surface area contributed by atoms with E-state index in [1.54, 1.807) is 20.6 Å². The van der Waals surface area contributed by atoms with Crippen LogP contribution in [0, 0.1) is 11.8 Å². The van der Waals surface area contributed by atoms with Crippen molar-refractivity contribution in [1.82, 2.24) is 24.8 Å². The van der Waals surface area contributed by atoms with Crippen molar-refractivity contribution >= 4 is 40.6 Å². The topological polar surface area (TPSA) is 118 Å². The first-order valence-corrected chi connectivity index (χ1v) is 14.6. The number of likely N-dealkylation sites (tertiary alicyclic amines) is 1. The number of rotatable bonds is 6. The Balaban J connectivity index is 1.31. The highest BCUT2D eigenvalue weighted by molar-refractivity contribution is 8.02. The molecule has 0 aliphatic carbocycles. The number of ether oxygens (including phenoxy) is 1. The molecule has 10 nitrogen and oxygen atoms in total. The van der Waals surface area contributed by atoms with Gasteiger partial charge in [0.15, 0.2) is 0 Å². The molecule has 1 unspecified atom stereocenters. The molecule has 2 aromatic carbocycles. The van der Waals surface area contributed by atoms with Gasteiger partial charge >= 0.3 is 5.97 Å². The number of esters is 1. The van der Waals surface area contributed by atoms with Crippen molar-refractivity contribution in [3.63, 3.8) is 0 Å². The second kappa shape index (κ2) is 10.1. The molecule has 3 aromatic rings. The molecule has 1 aromatic heterocycles. The molecule has 2 saturated heterocycles. The van der Waals surface area contributed by atoms with Gasteiger partial charge in [-0.15, -0.1) is 16.9 Å². The first-order valence-electron chi connectivity index (χ1n) is 13.7. The van der Waals surface area contributed by atoms with Gasteiger partial charge < -0.3 is 19.6 Å². The van der Waals surface area contributed by atoms with Crippen LogP contribution >= 0.6 is 11.8 Å². The maximum Gasteiger partial charge on any atom is 0.311 e. The number of fused-ring (bicyclic) bond motifs is 3. The zero-order chi connectivity index (χ0) is 28.1. The Morgan fingerprint density at radius 2 is 1.85 bits per heavy atom. The third kappa shape index (κ3) is 4.09. The lowest BCUT2D eigenvalue weighted by molar-refractivity contribution is -0.152. The number of aliphatic hydroxyl groups excluding tert-OH is 1. The predicted octanol–water partition coefficient (Wildman–Crippen LogP) is 1.80. The molecule has 1 N–H and O–H groups in total. The number of thioether (sulfide) groups is 1. The first kappa shape index (κ1) is 26.0. The molecule has 11 heteroatoms. The minimum Gasteiger partial charge on any atom is -0.461 e. The monoisotopic (exact) mass is 571 g/mol. The fraction of sp³-hybridized carbons (Fsp3) is 0.367. The van der Waals surface area contributed by atoms with E-state index in [9.17, 15) is 19.5 Å². The molecule has 5 heterocycles. The lowest BCUT2D eigenvalue weighted by Gasteiger charge is -2.38. The number of nitrogens with zero attached hydrogens (tertiary/aromatic N) is 5. The summed E-state index contributed by atoms with van der Waals surface area (Å²) in [5, 5.41) is 18.8. The first-order chi connectivity index (χ1) is 20.0. The van der Waals surface area contributed by atoms with Crippen LogP contribution in [-0.2, 0) is 32.2 Å². The molecule has 7 rings (SSSR count). The lowest BCUT2D eigenvalue weighted by Crippen LogP contribution is -2.57. The molecular weight excluding hydrogens is 542 g/mol. The Morgan fingerprint density at radius 3 is 2.68 bits per heavy atom. The number of para-hydroxylation sites is 1. The van der Waals surface area contributed by atoms with Gasteiger partial charge in [-0.05, 0) is 24.1 Å². The van der Waals surface area contributed by atoms with Crippen LogP contribution in [-0.4, -0.2) is 89.5 Å².